The van der Waals surface area contributed by atoms with Crippen molar-refractivity contribution in [2.45, 2.75) is 27.2 Å². The van der Waals surface area contributed by atoms with Gasteiger partial charge in [-0.25, -0.2) is 9.59 Å². The van der Waals surface area contributed by atoms with Crippen LogP contribution in [0.1, 0.15) is 47.1 Å². The van der Waals surface area contributed by atoms with Gasteiger partial charge >= 0.3 is 11.9 Å². The summed E-state index contributed by atoms with van der Waals surface area (Å²) in [6.07, 6.45) is 2.43. The molecule has 0 fully saturated rings. The molecule has 2 aromatic carbocycles. The van der Waals surface area contributed by atoms with Gasteiger partial charge in [-0.3, -0.25) is 4.98 Å². The van der Waals surface area contributed by atoms with Gasteiger partial charge in [0.1, 0.15) is 5.56 Å². The van der Waals surface area contributed by atoms with Crippen LogP contribution in [0.4, 0.5) is 11.4 Å². The second-order valence-electron chi connectivity index (χ2n) is 6.40. The predicted octanol–water partition coefficient (Wildman–Crippen LogP) is 4.89. The van der Waals surface area contributed by atoms with E-state index in [1.807, 2.05) is 24.3 Å². The van der Waals surface area contributed by atoms with Gasteiger partial charge in [0.2, 0.25) is 0 Å². The number of rotatable bonds is 7. The molecular formula is C23H24N2O4. The van der Waals surface area contributed by atoms with Crippen molar-refractivity contribution in [3.05, 3.63) is 65.4 Å². The first-order valence-electron chi connectivity index (χ1n) is 9.70. The quantitative estimate of drug-likeness (QED) is 0.577. The maximum absolute atomic E-state index is 12.5. The highest BCUT2D eigenvalue weighted by Gasteiger charge is 2.18. The number of nitrogens with one attached hydrogen (secondary N) is 1. The van der Waals surface area contributed by atoms with Crippen molar-refractivity contribution in [3.8, 4) is 0 Å². The van der Waals surface area contributed by atoms with Crippen molar-refractivity contribution in [3.63, 3.8) is 0 Å². The van der Waals surface area contributed by atoms with E-state index < -0.39 is 11.9 Å². The van der Waals surface area contributed by atoms with Crippen LogP contribution in [0.2, 0.25) is 0 Å². The Morgan fingerprint density at radius 2 is 1.62 bits per heavy atom. The third-order valence-corrected chi connectivity index (χ3v) is 4.51. The molecule has 0 aliphatic rings. The minimum atomic E-state index is -0.476. The Morgan fingerprint density at radius 3 is 2.28 bits per heavy atom. The average molecular weight is 392 g/mol. The molecule has 0 atom stereocenters. The zero-order valence-electron chi connectivity index (χ0n) is 16.8. The molecule has 150 valence electrons. The lowest BCUT2D eigenvalue weighted by Crippen LogP contribution is -2.10. The lowest BCUT2D eigenvalue weighted by molar-refractivity contribution is 0.0518. The van der Waals surface area contributed by atoms with Crippen molar-refractivity contribution >= 4 is 34.2 Å². The van der Waals surface area contributed by atoms with E-state index in [-0.39, 0.29) is 13.2 Å². The molecule has 0 saturated heterocycles. The highest BCUT2D eigenvalue weighted by Crippen LogP contribution is 2.31. The number of carbonyl (C=O) groups excluding carboxylic acids is 2. The molecule has 3 aromatic rings. The molecule has 0 bridgehead atoms. The number of ether oxygens (including phenoxy) is 2. The molecule has 0 unspecified atom stereocenters. The van der Waals surface area contributed by atoms with Crippen molar-refractivity contribution in [1.82, 2.24) is 4.98 Å². The minimum absolute atomic E-state index is 0.254. The topological polar surface area (TPSA) is 77.5 Å². The number of esters is 2. The Hall–Kier alpha value is -3.41. The summed E-state index contributed by atoms with van der Waals surface area (Å²) >= 11 is 0. The number of aryl methyl sites for hydroxylation is 1. The van der Waals surface area contributed by atoms with E-state index in [2.05, 4.69) is 17.2 Å². The van der Waals surface area contributed by atoms with Crippen LogP contribution in [0.15, 0.2) is 48.7 Å². The fourth-order valence-corrected chi connectivity index (χ4v) is 3.00. The number of nitrogens with zero attached hydrogens (tertiary/aromatic N) is 1. The number of carbonyl (C=O) groups is 2. The summed E-state index contributed by atoms with van der Waals surface area (Å²) in [6, 6.07) is 13.1. The molecule has 0 aliphatic carbocycles. The van der Waals surface area contributed by atoms with Crippen LogP contribution in [-0.4, -0.2) is 30.1 Å². The number of benzene rings is 2. The number of hydrogen-bond acceptors (Lipinski definition) is 6. The van der Waals surface area contributed by atoms with Gasteiger partial charge in [-0.2, -0.15) is 0 Å². The number of hydrogen-bond donors (Lipinski definition) is 1. The first-order valence-corrected chi connectivity index (χ1v) is 9.70. The van der Waals surface area contributed by atoms with Gasteiger partial charge in [-0.05, 0) is 56.2 Å². The summed E-state index contributed by atoms with van der Waals surface area (Å²) in [6.45, 7) is 6.14. The normalized spacial score (nSPS) is 10.6. The maximum atomic E-state index is 12.5. The zero-order chi connectivity index (χ0) is 20.8. The molecule has 1 heterocycles. The third kappa shape index (κ3) is 4.54. The van der Waals surface area contributed by atoms with Crippen LogP contribution in [0, 0.1) is 0 Å². The molecule has 0 saturated carbocycles. The summed E-state index contributed by atoms with van der Waals surface area (Å²) in [4.78, 5) is 29.1. The van der Waals surface area contributed by atoms with Crippen LogP contribution in [0.5, 0.6) is 0 Å². The van der Waals surface area contributed by atoms with E-state index in [1.165, 1.54) is 11.8 Å². The smallest absolute Gasteiger partial charge is 0.341 e. The summed E-state index contributed by atoms with van der Waals surface area (Å²) in [5.74, 6) is -0.898. The Kier molecular flexibility index (Phi) is 6.44. The highest BCUT2D eigenvalue weighted by atomic mass is 16.5. The number of aromatic nitrogens is 1. The van der Waals surface area contributed by atoms with Crippen LogP contribution in [0.3, 0.4) is 0 Å². The van der Waals surface area contributed by atoms with E-state index in [4.69, 9.17) is 9.47 Å². The molecule has 0 spiro atoms. The maximum Gasteiger partial charge on any atom is 0.341 e. The molecule has 1 aromatic heterocycles. The predicted molar refractivity (Wildman–Crippen MR) is 113 cm³/mol. The SMILES string of the molecule is CCOC(=O)c1ccc2ncc(C(=O)OCC)c(Nc3ccc(CC)cc3)c2c1. The Bertz CT molecular complexity index is 1020. The van der Waals surface area contributed by atoms with E-state index in [9.17, 15) is 9.59 Å². The lowest BCUT2D eigenvalue weighted by Gasteiger charge is -2.15. The Labute approximate surface area is 169 Å². The van der Waals surface area contributed by atoms with Gasteiger partial charge in [0.25, 0.3) is 0 Å². The van der Waals surface area contributed by atoms with Crippen molar-refractivity contribution in [2.24, 2.45) is 0 Å². The largest absolute Gasteiger partial charge is 0.462 e. The highest BCUT2D eigenvalue weighted by molar-refractivity contribution is 6.07. The summed E-state index contributed by atoms with van der Waals surface area (Å²) in [7, 11) is 0. The molecule has 0 radical (unpaired) electrons. The van der Waals surface area contributed by atoms with E-state index in [0.29, 0.717) is 27.7 Å². The second-order valence-corrected chi connectivity index (χ2v) is 6.40. The molecule has 6 heteroatoms. The van der Waals surface area contributed by atoms with Gasteiger partial charge in [0.05, 0.1) is 30.0 Å². The Morgan fingerprint density at radius 1 is 0.931 bits per heavy atom. The number of pyridine rings is 1. The monoisotopic (exact) mass is 392 g/mol. The molecule has 6 nitrogen and oxygen atoms in total. The van der Waals surface area contributed by atoms with Crippen LogP contribution in [0.25, 0.3) is 10.9 Å². The molecule has 0 aliphatic heterocycles. The first kappa shape index (κ1) is 20.3. The van der Waals surface area contributed by atoms with Gasteiger partial charge in [-0.1, -0.05) is 19.1 Å². The Balaban J connectivity index is 2.13. The second kappa shape index (κ2) is 9.19. The molecule has 3 rings (SSSR count). The average Bonchev–Trinajstić information content (AvgIpc) is 2.74. The first-order chi connectivity index (χ1) is 14.1. The summed E-state index contributed by atoms with van der Waals surface area (Å²) in [5, 5.41) is 3.95. The number of fused-ring (bicyclic) bond motifs is 1. The van der Waals surface area contributed by atoms with Crippen LogP contribution < -0.4 is 5.32 Å². The molecule has 0 amide bonds. The van der Waals surface area contributed by atoms with E-state index >= 15 is 0 Å². The van der Waals surface area contributed by atoms with Crippen LogP contribution >= 0.6 is 0 Å². The zero-order valence-corrected chi connectivity index (χ0v) is 16.8. The molecule has 29 heavy (non-hydrogen) atoms. The van der Waals surface area contributed by atoms with Gasteiger partial charge in [0, 0.05) is 17.3 Å². The van der Waals surface area contributed by atoms with Crippen molar-refractivity contribution in [2.75, 3.05) is 18.5 Å². The fourth-order valence-electron chi connectivity index (χ4n) is 3.00. The minimum Gasteiger partial charge on any atom is -0.462 e. The van der Waals surface area contributed by atoms with Crippen molar-refractivity contribution in [1.29, 1.82) is 0 Å². The van der Waals surface area contributed by atoms with Gasteiger partial charge < -0.3 is 14.8 Å². The van der Waals surface area contributed by atoms with Crippen molar-refractivity contribution < 1.29 is 19.1 Å². The molecule has 1 N–H and O–H groups in total. The fraction of sp³-hybridized carbons (Fsp3) is 0.261. The number of anilines is 2. The van der Waals surface area contributed by atoms with Gasteiger partial charge in [0.15, 0.2) is 0 Å². The van der Waals surface area contributed by atoms with E-state index in [1.54, 1.807) is 32.0 Å². The third-order valence-electron chi connectivity index (χ3n) is 4.51. The molecular weight excluding hydrogens is 368 g/mol. The van der Waals surface area contributed by atoms with Crippen LogP contribution in [-0.2, 0) is 15.9 Å². The summed E-state index contributed by atoms with van der Waals surface area (Å²) in [5.41, 5.74) is 3.93. The summed E-state index contributed by atoms with van der Waals surface area (Å²) < 4.78 is 10.3. The van der Waals surface area contributed by atoms with Gasteiger partial charge in [-0.15, -0.1) is 0 Å². The lowest BCUT2D eigenvalue weighted by atomic mass is 10.1. The van der Waals surface area contributed by atoms with E-state index in [0.717, 1.165) is 12.1 Å². The standard InChI is InChI=1S/C23H24N2O4/c1-4-15-7-10-17(11-8-15)25-21-18-13-16(22(26)28-5-2)9-12-20(18)24-14-19(21)23(27)29-6-3/h7-14H,4-6H2,1-3H3,(H,24,25).